The lowest BCUT2D eigenvalue weighted by molar-refractivity contribution is -0.339. The highest BCUT2D eigenvalue weighted by molar-refractivity contribution is 7.58. The normalized spacial score (nSPS) is 28.8. The lowest BCUT2D eigenvalue weighted by Gasteiger charge is -2.35. The molecule has 16 heavy (non-hydrogen) atoms. The van der Waals surface area contributed by atoms with E-state index in [4.69, 9.17) is 4.74 Å². The van der Waals surface area contributed by atoms with E-state index in [1.165, 1.54) is 0 Å². The molecule has 0 saturated carbocycles. The van der Waals surface area contributed by atoms with Crippen molar-refractivity contribution in [2.75, 3.05) is 13.2 Å². The fourth-order valence-corrected chi connectivity index (χ4v) is 2.56. The van der Waals surface area contributed by atoms with Crippen LogP contribution >= 0.6 is 15.6 Å². The number of rotatable bonds is 7. The van der Waals surface area contributed by atoms with Gasteiger partial charge in [0.25, 0.3) is 7.82 Å². The van der Waals surface area contributed by atoms with E-state index in [0.717, 1.165) is 0 Å². The second-order valence-electron chi connectivity index (χ2n) is 3.65. The van der Waals surface area contributed by atoms with Gasteiger partial charge in [-0.1, -0.05) is 0 Å². The Bertz CT molecular complexity index is 331. The van der Waals surface area contributed by atoms with Crippen molar-refractivity contribution in [1.82, 2.24) is 0 Å². The molecule has 96 valence electrons. The monoisotopic (exact) mass is 273 g/mol. The van der Waals surface area contributed by atoms with Crippen molar-refractivity contribution in [3.8, 4) is 0 Å². The first-order valence-electron chi connectivity index (χ1n) is 4.45. The van der Waals surface area contributed by atoms with E-state index in [9.17, 15) is 23.8 Å². The van der Waals surface area contributed by atoms with Gasteiger partial charge in [-0.2, -0.15) is 0 Å². The van der Waals surface area contributed by atoms with Crippen molar-refractivity contribution in [3.05, 3.63) is 0 Å². The van der Waals surface area contributed by atoms with Gasteiger partial charge in [0.2, 0.25) is 0 Å². The molecular formula is C6H11O8P2-3. The van der Waals surface area contributed by atoms with Crippen LogP contribution in [0.2, 0.25) is 0 Å². The van der Waals surface area contributed by atoms with Gasteiger partial charge in [-0.3, -0.25) is 8.88 Å². The van der Waals surface area contributed by atoms with Gasteiger partial charge in [-0.15, -0.1) is 0 Å². The Kier molecular flexibility index (Phi) is 4.32. The molecule has 0 N–H and O–H groups in total. The van der Waals surface area contributed by atoms with Crippen molar-refractivity contribution in [3.63, 3.8) is 0 Å². The first-order valence-corrected chi connectivity index (χ1v) is 7.37. The molecular weight excluding hydrogens is 262 g/mol. The van der Waals surface area contributed by atoms with Crippen molar-refractivity contribution in [2.24, 2.45) is 0 Å². The average Bonchev–Trinajstić information content (AvgIpc) is 2.74. The van der Waals surface area contributed by atoms with Gasteiger partial charge in [0.15, 0.2) is 0 Å². The fourth-order valence-electron chi connectivity index (χ4n) is 1.04. The van der Waals surface area contributed by atoms with Crippen molar-refractivity contribution >= 4 is 15.6 Å². The molecule has 1 aliphatic heterocycles. The summed E-state index contributed by atoms with van der Waals surface area (Å²) in [5, 5.41) is 0. The molecule has 1 saturated heterocycles. The smallest absolute Gasteiger partial charge is 0.271 e. The molecule has 1 fully saturated rings. The molecule has 0 bridgehead atoms. The quantitative estimate of drug-likeness (QED) is 0.323. The van der Waals surface area contributed by atoms with Gasteiger partial charge >= 0.3 is 0 Å². The Morgan fingerprint density at radius 1 is 1.38 bits per heavy atom. The van der Waals surface area contributed by atoms with Crippen LogP contribution in [-0.2, 0) is 22.7 Å². The Balaban J connectivity index is 2.20. The third kappa shape index (κ3) is 6.08. The van der Waals surface area contributed by atoms with Crippen LogP contribution in [0.25, 0.3) is 0 Å². The molecule has 10 heteroatoms. The molecule has 1 heterocycles. The highest BCUT2D eigenvalue weighted by Gasteiger charge is 2.38. The van der Waals surface area contributed by atoms with Crippen molar-refractivity contribution in [2.45, 2.75) is 25.4 Å². The molecule has 0 aromatic heterocycles. The lowest BCUT2D eigenvalue weighted by Crippen LogP contribution is -2.19. The van der Waals surface area contributed by atoms with Gasteiger partial charge in [0, 0.05) is 0 Å². The van der Waals surface area contributed by atoms with Crippen LogP contribution in [-0.4, -0.2) is 18.8 Å². The summed E-state index contributed by atoms with van der Waals surface area (Å²) in [7, 11) is -10.6. The summed E-state index contributed by atoms with van der Waals surface area (Å²) < 4.78 is 33.3. The maximum atomic E-state index is 10.8. The van der Waals surface area contributed by atoms with Gasteiger partial charge in [-0.25, -0.2) is 0 Å². The molecule has 0 aromatic rings. The zero-order valence-corrected chi connectivity index (χ0v) is 10.3. The number of hydrogen-bond donors (Lipinski definition) is 0. The second kappa shape index (κ2) is 4.84. The summed E-state index contributed by atoms with van der Waals surface area (Å²) in [6.07, 6.45) is 0.938. The largest absolute Gasteiger partial charge is 0.790 e. The Hall–Kier alpha value is 0.220. The van der Waals surface area contributed by atoms with Crippen LogP contribution in [0.3, 0.4) is 0 Å². The fraction of sp³-hybridized carbons (Fsp3) is 1.00. The average molecular weight is 273 g/mol. The molecule has 2 atom stereocenters. The molecule has 2 unspecified atom stereocenters. The molecule has 0 amide bonds. The van der Waals surface area contributed by atoms with Crippen LogP contribution in [0.5, 0.6) is 0 Å². The minimum Gasteiger partial charge on any atom is -0.790 e. The first-order chi connectivity index (χ1) is 7.12. The zero-order chi connectivity index (χ0) is 12.4. The van der Waals surface area contributed by atoms with E-state index in [1.807, 2.05) is 6.92 Å². The van der Waals surface area contributed by atoms with Crippen LogP contribution < -0.4 is 14.7 Å². The summed E-state index contributed by atoms with van der Waals surface area (Å²) >= 11 is 0. The standard InChI is InChI=1S/C6H14O8P2/c1-6(5-12-6)3-2-4-13-16(10,11)14-15(7,8)9/h2-5H2,1H3,(H,10,11)(H2,7,8,9)/p-3. The van der Waals surface area contributed by atoms with E-state index in [0.29, 0.717) is 19.4 Å². The molecule has 1 aliphatic rings. The predicted molar refractivity (Wildman–Crippen MR) is 45.8 cm³/mol. The molecule has 0 radical (unpaired) electrons. The molecule has 0 spiro atoms. The highest BCUT2D eigenvalue weighted by atomic mass is 31.3. The van der Waals surface area contributed by atoms with Crippen LogP contribution in [0.1, 0.15) is 19.8 Å². The highest BCUT2D eigenvalue weighted by Crippen LogP contribution is 2.50. The van der Waals surface area contributed by atoms with Gasteiger partial charge < -0.3 is 28.5 Å². The third-order valence-electron chi connectivity index (χ3n) is 1.94. The van der Waals surface area contributed by atoms with E-state index in [1.54, 1.807) is 0 Å². The van der Waals surface area contributed by atoms with E-state index in [2.05, 4.69) is 8.83 Å². The summed E-state index contributed by atoms with van der Waals surface area (Å²) in [5.74, 6) is 0. The molecule has 0 aromatic carbocycles. The summed E-state index contributed by atoms with van der Waals surface area (Å²) in [6, 6.07) is 0. The number of ether oxygens (including phenoxy) is 1. The first kappa shape index (κ1) is 14.3. The molecule has 0 aliphatic carbocycles. The topological polar surface area (TPSA) is 134 Å². The minimum atomic E-state index is -5.58. The maximum Gasteiger partial charge on any atom is 0.271 e. The van der Waals surface area contributed by atoms with Gasteiger partial charge in [0.1, 0.15) is 0 Å². The summed E-state index contributed by atoms with van der Waals surface area (Å²) in [5.41, 5.74) is -0.233. The SMILES string of the molecule is CC1(CCCOP(=O)([O-])OP(=O)([O-])[O-])CO1. The van der Waals surface area contributed by atoms with Gasteiger partial charge in [-0.05, 0) is 19.8 Å². The third-order valence-corrected chi connectivity index (χ3v) is 4.04. The second-order valence-corrected chi connectivity index (χ2v) is 6.35. The summed E-state index contributed by atoms with van der Waals surface area (Å²) in [4.78, 5) is 30.8. The molecule has 8 nitrogen and oxygen atoms in total. The zero-order valence-electron chi connectivity index (χ0n) is 8.49. The Morgan fingerprint density at radius 3 is 2.38 bits per heavy atom. The predicted octanol–water partition coefficient (Wildman–Crippen LogP) is -1.11. The lowest BCUT2D eigenvalue weighted by atomic mass is 10.1. The number of epoxide rings is 1. The Labute approximate surface area is 92.4 Å². The maximum absolute atomic E-state index is 10.8. The molecule has 1 rings (SSSR count). The van der Waals surface area contributed by atoms with Crippen LogP contribution in [0.4, 0.5) is 0 Å². The Morgan fingerprint density at radius 2 is 1.94 bits per heavy atom. The van der Waals surface area contributed by atoms with Crippen molar-refractivity contribution < 1.29 is 37.4 Å². The summed E-state index contributed by atoms with van der Waals surface area (Å²) in [6.45, 7) is 2.21. The van der Waals surface area contributed by atoms with Crippen LogP contribution in [0.15, 0.2) is 0 Å². The van der Waals surface area contributed by atoms with Crippen LogP contribution in [0, 0.1) is 0 Å². The number of hydrogen-bond acceptors (Lipinski definition) is 8. The minimum absolute atomic E-state index is 0.233. The van der Waals surface area contributed by atoms with E-state index < -0.39 is 15.6 Å². The van der Waals surface area contributed by atoms with Gasteiger partial charge in [0.05, 0.1) is 26.6 Å². The van der Waals surface area contributed by atoms with E-state index >= 15 is 0 Å². The number of phosphoric acid groups is 2. The van der Waals surface area contributed by atoms with Crippen molar-refractivity contribution in [1.29, 1.82) is 0 Å². The number of phosphoric ester groups is 1. The van der Waals surface area contributed by atoms with E-state index in [-0.39, 0.29) is 12.2 Å².